The van der Waals surface area contributed by atoms with Gasteiger partial charge in [0.25, 0.3) is 5.91 Å². The summed E-state index contributed by atoms with van der Waals surface area (Å²) >= 11 is 3.46. The molecule has 2 atom stereocenters. The van der Waals surface area contributed by atoms with Crippen LogP contribution in [-0.4, -0.2) is 130 Å². The van der Waals surface area contributed by atoms with E-state index in [4.69, 9.17) is 13.5 Å². The van der Waals surface area contributed by atoms with Gasteiger partial charge in [0.15, 0.2) is 5.78 Å². The first kappa shape index (κ1) is 64.4. The molecule has 0 spiro atoms. The summed E-state index contributed by atoms with van der Waals surface area (Å²) < 4.78 is 67.6. The number of unbranched alkanes of at least 4 members (excludes halogenated alkanes) is 4. The van der Waals surface area contributed by atoms with E-state index in [1.165, 1.54) is 0 Å². The van der Waals surface area contributed by atoms with Crippen LogP contribution in [0.15, 0.2) is 89.3 Å². The standard InChI is InChI=1S/C60H80BrN6O12PS/c1-7-64(8-2)45-31-33-49-53(39-45)79-54-40-46(65(9-3)10-4)32-34-50(54)58(49)47-21-17-18-22-48(47)60(72)67-37-35-66(36-38-67)57(71)26-20-19-25-56(70)63-51(42-81(74,75)76)52(68)23-15-13-14-16-24-55(69)62-41-43-27-29-44(30-28-43)59(61)80(73,77-11-5)78-12-6/h17-18,21-22,27-34,39-40,51,59H,7-16,19-20,23-26,35-38,41-42H2,1-6H3,(H2-,62,63,69,70,74,75,76). The van der Waals surface area contributed by atoms with Gasteiger partial charge in [-0.15, -0.1) is 0 Å². The molecule has 2 N–H and O–H groups in total. The highest BCUT2D eigenvalue weighted by Crippen LogP contribution is 2.64. The lowest BCUT2D eigenvalue weighted by Crippen LogP contribution is -2.50. The minimum Gasteiger partial charge on any atom is -0.748 e. The third-order valence-electron chi connectivity index (χ3n) is 14.6. The molecule has 2 aliphatic heterocycles. The van der Waals surface area contributed by atoms with Crippen LogP contribution in [0.5, 0.6) is 0 Å². The van der Waals surface area contributed by atoms with Crippen LogP contribution in [0.4, 0.5) is 5.69 Å². The average molecular weight is 1220 g/mol. The van der Waals surface area contributed by atoms with E-state index >= 15 is 0 Å². The van der Waals surface area contributed by atoms with Gasteiger partial charge in [-0.05, 0) is 108 Å². The number of hydrogen-bond donors (Lipinski definition) is 2. The SMILES string of the molecule is CCOP(=O)(OCC)C(Br)c1ccc(CNC(=O)CCCCCCC(=O)C(CS(=O)(=O)[O-])NC(=O)CCCCC(=O)N2CCN(C(=O)c3ccccc3-c3c4ccc(=[N+](CC)CC)cc-4oc4cc(N(CC)CC)ccc34)CC2)cc1. The number of nitrogens with one attached hydrogen (secondary N) is 2. The number of fused-ring (bicyclic) bond motifs is 2. The summed E-state index contributed by atoms with van der Waals surface area (Å²) in [6, 6.07) is 25.9. The van der Waals surface area contributed by atoms with Gasteiger partial charge in [-0.25, -0.2) is 13.0 Å². The lowest BCUT2D eigenvalue weighted by atomic mass is 9.90. The van der Waals surface area contributed by atoms with Crippen molar-refractivity contribution in [2.24, 2.45) is 0 Å². The number of alkyl halides is 1. The number of piperazine rings is 1. The van der Waals surface area contributed by atoms with Crippen LogP contribution in [0.25, 0.3) is 33.4 Å². The molecule has 0 saturated carbocycles. The summed E-state index contributed by atoms with van der Waals surface area (Å²) in [5.74, 6) is -1.92. The number of nitrogens with zero attached hydrogens (tertiary/aromatic N) is 4. The van der Waals surface area contributed by atoms with E-state index in [-0.39, 0.29) is 63.0 Å². The maximum atomic E-state index is 14.5. The second-order valence-corrected chi connectivity index (χ2v) is 25.2. The smallest absolute Gasteiger partial charge is 0.348 e. The topological polar surface area (TPSA) is 228 Å². The van der Waals surface area contributed by atoms with E-state index in [2.05, 4.69) is 100 Å². The number of benzene rings is 4. The summed E-state index contributed by atoms with van der Waals surface area (Å²) in [5, 5.41) is 7.27. The number of Topliss-reactive ketones (excluding diaryl/α,β-unsaturated/α-hetero) is 1. The average Bonchev–Trinajstić information content (AvgIpc) is 3.53. The number of carbonyl (C=O) groups excluding carboxylic acids is 5. The summed E-state index contributed by atoms with van der Waals surface area (Å²) in [6.07, 6.45) is 3.03. The van der Waals surface area contributed by atoms with Crippen LogP contribution in [0.3, 0.4) is 0 Å². The molecule has 3 aliphatic rings. The molecule has 440 valence electrons. The molecule has 0 radical (unpaired) electrons. The zero-order valence-electron chi connectivity index (χ0n) is 47.7. The van der Waals surface area contributed by atoms with Gasteiger partial charge in [0.2, 0.25) is 23.1 Å². The molecule has 3 aromatic rings. The first-order valence-electron chi connectivity index (χ1n) is 28.5. The minimum atomic E-state index is -4.86. The number of carbonyl (C=O) groups is 5. The molecule has 1 fully saturated rings. The highest BCUT2D eigenvalue weighted by molar-refractivity contribution is 9.10. The van der Waals surface area contributed by atoms with Crippen LogP contribution in [0.1, 0.15) is 132 Å². The Kier molecular flexibility index (Phi) is 24.7. The second-order valence-electron chi connectivity index (χ2n) is 20.1. The van der Waals surface area contributed by atoms with Gasteiger partial charge in [-0.2, -0.15) is 0 Å². The second kappa shape index (κ2) is 31.1. The minimum absolute atomic E-state index is 0.0589. The van der Waals surface area contributed by atoms with Crippen molar-refractivity contribution >= 4 is 79.7 Å². The molecule has 6 rings (SSSR count). The predicted molar refractivity (Wildman–Crippen MR) is 319 cm³/mol. The number of ketones is 1. The Morgan fingerprint density at radius 1 is 0.741 bits per heavy atom. The fraction of sp³-hybridized carbons (Fsp3) is 0.500. The Morgan fingerprint density at radius 2 is 1.36 bits per heavy atom. The maximum absolute atomic E-state index is 14.5. The van der Waals surface area contributed by atoms with Crippen LogP contribution in [-0.2, 0) is 49.5 Å². The molecular formula is C60H80BrN6O12PS. The van der Waals surface area contributed by atoms with Crippen LogP contribution in [0, 0.1) is 0 Å². The van der Waals surface area contributed by atoms with E-state index in [0.29, 0.717) is 70.4 Å². The molecular weight excluding hydrogens is 1140 g/mol. The van der Waals surface area contributed by atoms with Gasteiger partial charge in [-0.1, -0.05) is 71.2 Å². The van der Waals surface area contributed by atoms with Gasteiger partial charge in [-0.3, -0.25) is 28.5 Å². The maximum Gasteiger partial charge on any atom is 0.348 e. The first-order chi connectivity index (χ1) is 38.9. The van der Waals surface area contributed by atoms with Crippen LogP contribution >= 0.6 is 23.5 Å². The third-order valence-corrected chi connectivity index (χ3v) is 19.5. The Hall–Kier alpha value is -5.76. The lowest BCUT2D eigenvalue weighted by molar-refractivity contribution is -0.133. The summed E-state index contributed by atoms with van der Waals surface area (Å²) in [5.41, 5.74) is 6.48. The van der Waals surface area contributed by atoms with Gasteiger partial charge >= 0.3 is 7.60 Å². The molecule has 81 heavy (non-hydrogen) atoms. The summed E-state index contributed by atoms with van der Waals surface area (Å²) in [6.45, 7) is 17.5. The number of halogens is 1. The van der Waals surface area contributed by atoms with Crippen LogP contribution < -0.4 is 25.5 Å². The Morgan fingerprint density at radius 3 is 2.00 bits per heavy atom. The monoisotopic (exact) mass is 1220 g/mol. The normalized spacial score (nSPS) is 13.7. The molecule has 2 unspecified atom stereocenters. The fourth-order valence-electron chi connectivity index (χ4n) is 10.3. The van der Waals surface area contributed by atoms with Crippen molar-refractivity contribution < 1.29 is 55.0 Å². The quantitative estimate of drug-likeness (QED) is 0.0105. The van der Waals surface area contributed by atoms with Crippen molar-refractivity contribution in [3.63, 3.8) is 0 Å². The van der Waals surface area contributed by atoms with Crippen molar-refractivity contribution in [3.8, 4) is 22.5 Å². The van der Waals surface area contributed by atoms with Crippen molar-refractivity contribution in [2.75, 3.05) is 76.2 Å². The number of anilines is 1. The molecule has 0 bridgehead atoms. The lowest BCUT2D eigenvalue weighted by Gasteiger charge is -2.35. The Balaban J connectivity index is 0.942. The Bertz CT molecular complexity index is 3140. The zero-order chi connectivity index (χ0) is 58.7. The van der Waals surface area contributed by atoms with Crippen molar-refractivity contribution in [1.82, 2.24) is 25.0 Å². The molecule has 1 saturated heterocycles. The zero-order valence-corrected chi connectivity index (χ0v) is 51.0. The van der Waals surface area contributed by atoms with Crippen molar-refractivity contribution in [2.45, 2.75) is 123 Å². The van der Waals surface area contributed by atoms with Gasteiger partial charge in [0.1, 0.15) is 35.0 Å². The number of amides is 4. The summed E-state index contributed by atoms with van der Waals surface area (Å²) in [7, 11) is -8.26. The molecule has 0 aromatic heterocycles. The van der Waals surface area contributed by atoms with Gasteiger partial charge in [0, 0.05) is 111 Å². The van der Waals surface area contributed by atoms with Gasteiger partial charge in [0.05, 0.1) is 35.2 Å². The molecule has 3 aromatic carbocycles. The fourth-order valence-corrected chi connectivity index (χ4v) is 13.5. The van der Waals surface area contributed by atoms with Crippen LogP contribution in [0.2, 0.25) is 0 Å². The van der Waals surface area contributed by atoms with Gasteiger partial charge < -0.3 is 43.4 Å². The largest absolute Gasteiger partial charge is 0.748 e. The van der Waals surface area contributed by atoms with E-state index < -0.39 is 45.8 Å². The first-order valence-corrected chi connectivity index (χ1v) is 32.6. The van der Waals surface area contributed by atoms with E-state index in [9.17, 15) is 41.5 Å². The predicted octanol–water partition coefficient (Wildman–Crippen LogP) is 9.62. The molecule has 18 nitrogen and oxygen atoms in total. The molecule has 2 heterocycles. The summed E-state index contributed by atoms with van der Waals surface area (Å²) in [4.78, 5) is 72.3. The highest BCUT2D eigenvalue weighted by Gasteiger charge is 2.35. The molecule has 21 heteroatoms. The van der Waals surface area contributed by atoms with E-state index in [1.807, 2.05) is 36.4 Å². The third kappa shape index (κ3) is 17.9. The number of rotatable bonds is 31. The van der Waals surface area contributed by atoms with E-state index in [1.54, 1.807) is 35.8 Å². The van der Waals surface area contributed by atoms with E-state index in [0.717, 1.165) is 81.8 Å². The number of hydrogen-bond acceptors (Lipinski definition) is 13. The Labute approximate surface area is 485 Å². The van der Waals surface area contributed by atoms with Crippen molar-refractivity contribution in [3.05, 3.63) is 107 Å². The van der Waals surface area contributed by atoms with Crippen molar-refractivity contribution in [1.29, 1.82) is 0 Å². The molecule has 4 amide bonds. The highest BCUT2D eigenvalue weighted by atomic mass is 79.9. The molecule has 1 aliphatic carbocycles.